The van der Waals surface area contributed by atoms with Crippen LogP contribution in [-0.2, 0) is 13.1 Å². The van der Waals surface area contributed by atoms with Crippen molar-refractivity contribution in [3.05, 3.63) is 74.8 Å². The van der Waals surface area contributed by atoms with Crippen LogP contribution in [0.3, 0.4) is 0 Å². The molecule has 0 fully saturated rings. The van der Waals surface area contributed by atoms with Gasteiger partial charge in [-0.25, -0.2) is 0 Å². The number of rotatable bonds is 4. The molecular formula is C19H18ClN3O2. The molecule has 0 atom stereocenters. The predicted octanol–water partition coefficient (Wildman–Crippen LogP) is 3.31. The van der Waals surface area contributed by atoms with Gasteiger partial charge in [-0.05, 0) is 49.2 Å². The summed E-state index contributed by atoms with van der Waals surface area (Å²) >= 11 is 6.19. The summed E-state index contributed by atoms with van der Waals surface area (Å²) in [6.07, 6.45) is 4.93. The fourth-order valence-corrected chi connectivity index (χ4v) is 2.99. The van der Waals surface area contributed by atoms with Crippen molar-refractivity contribution in [2.75, 3.05) is 0 Å². The van der Waals surface area contributed by atoms with E-state index in [-0.39, 0.29) is 11.0 Å². The predicted molar refractivity (Wildman–Crippen MR) is 99.0 cm³/mol. The van der Waals surface area contributed by atoms with Gasteiger partial charge < -0.3 is 9.88 Å². The monoisotopic (exact) mass is 355 g/mol. The first-order valence-electron chi connectivity index (χ1n) is 8.02. The molecule has 3 aromatic rings. The Morgan fingerprint density at radius 3 is 2.64 bits per heavy atom. The van der Waals surface area contributed by atoms with E-state index >= 15 is 0 Å². The van der Waals surface area contributed by atoms with E-state index in [9.17, 15) is 9.59 Å². The van der Waals surface area contributed by atoms with Crippen LogP contribution in [-0.4, -0.2) is 15.5 Å². The lowest BCUT2D eigenvalue weighted by atomic mass is 10.1. The molecule has 1 amide bonds. The molecule has 6 heteroatoms. The average Bonchev–Trinajstić information content (AvgIpc) is 2.64. The highest BCUT2D eigenvalue weighted by Crippen LogP contribution is 2.24. The van der Waals surface area contributed by atoms with Crippen LogP contribution in [0.5, 0.6) is 0 Å². The van der Waals surface area contributed by atoms with Crippen LogP contribution in [0.15, 0.2) is 47.7 Å². The third-order valence-corrected chi connectivity index (χ3v) is 4.62. The Morgan fingerprint density at radius 1 is 1.24 bits per heavy atom. The Bertz CT molecular complexity index is 997. The van der Waals surface area contributed by atoms with Gasteiger partial charge in [0.15, 0.2) is 0 Å². The number of nitrogens with zero attached hydrogens (tertiary/aromatic N) is 2. The maximum Gasteiger partial charge on any atom is 0.257 e. The lowest BCUT2D eigenvalue weighted by Crippen LogP contribution is -2.29. The highest BCUT2D eigenvalue weighted by Gasteiger charge is 2.17. The van der Waals surface area contributed by atoms with Gasteiger partial charge in [-0.2, -0.15) is 0 Å². The largest absolute Gasteiger partial charge is 0.348 e. The van der Waals surface area contributed by atoms with Crippen molar-refractivity contribution in [2.24, 2.45) is 0 Å². The number of amides is 1. The molecule has 128 valence electrons. The van der Waals surface area contributed by atoms with Gasteiger partial charge in [0.1, 0.15) is 5.56 Å². The van der Waals surface area contributed by atoms with Crippen molar-refractivity contribution < 1.29 is 4.79 Å². The first-order valence-corrected chi connectivity index (χ1v) is 8.40. The first-order chi connectivity index (χ1) is 12.0. The molecule has 2 heterocycles. The number of aromatic nitrogens is 2. The maximum absolute atomic E-state index is 12.8. The van der Waals surface area contributed by atoms with Gasteiger partial charge in [0.25, 0.3) is 5.91 Å². The lowest BCUT2D eigenvalue weighted by Gasteiger charge is -2.14. The summed E-state index contributed by atoms with van der Waals surface area (Å²) in [5, 5.41) is 3.89. The summed E-state index contributed by atoms with van der Waals surface area (Å²) in [6.45, 7) is 4.80. The van der Waals surface area contributed by atoms with Crippen molar-refractivity contribution in [3.8, 4) is 0 Å². The van der Waals surface area contributed by atoms with Gasteiger partial charge in [-0.15, -0.1) is 0 Å². The molecule has 0 aliphatic carbocycles. The summed E-state index contributed by atoms with van der Waals surface area (Å²) in [6, 6.07) is 7.00. The molecule has 0 bridgehead atoms. The minimum atomic E-state index is -0.390. The minimum absolute atomic E-state index is 0.130. The Kier molecular flexibility index (Phi) is 4.86. The fourth-order valence-electron chi connectivity index (χ4n) is 2.84. The third kappa shape index (κ3) is 3.28. The van der Waals surface area contributed by atoms with Crippen LogP contribution in [0.1, 0.15) is 28.4 Å². The summed E-state index contributed by atoms with van der Waals surface area (Å²) in [5.41, 5.74) is 2.37. The number of pyridine rings is 2. The average molecular weight is 356 g/mol. The molecular weight excluding hydrogens is 338 g/mol. The van der Waals surface area contributed by atoms with E-state index in [0.717, 1.165) is 16.6 Å². The molecule has 0 saturated heterocycles. The Morgan fingerprint density at radius 2 is 1.96 bits per heavy atom. The number of hydrogen-bond acceptors (Lipinski definition) is 3. The number of halogens is 1. The van der Waals surface area contributed by atoms with E-state index in [0.29, 0.717) is 23.5 Å². The lowest BCUT2D eigenvalue weighted by molar-refractivity contribution is 0.0949. The topological polar surface area (TPSA) is 64.0 Å². The van der Waals surface area contributed by atoms with Crippen molar-refractivity contribution in [1.29, 1.82) is 0 Å². The zero-order valence-corrected chi connectivity index (χ0v) is 14.8. The zero-order chi connectivity index (χ0) is 18.0. The van der Waals surface area contributed by atoms with Crippen LogP contribution in [0, 0.1) is 6.92 Å². The van der Waals surface area contributed by atoms with E-state index < -0.39 is 5.91 Å². The van der Waals surface area contributed by atoms with E-state index in [1.54, 1.807) is 30.7 Å². The molecule has 2 aromatic heterocycles. The second kappa shape index (κ2) is 7.07. The number of fused-ring (bicyclic) bond motifs is 1. The molecule has 0 unspecified atom stereocenters. The van der Waals surface area contributed by atoms with Crippen LogP contribution in [0.4, 0.5) is 0 Å². The zero-order valence-electron chi connectivity index (χ0n) is 14.0. The van der Waals surface area contributed by atoms with Crippen molar-refractivity contribution in [2.45, 2.75) is 26.9 Å². The minimum Gasteiger partial charge on any atom is -0.348 e. The standard InChI is InChI=1S/C19H18ClN3O2/c1-3-23-11-15(19(25)22-10-13-6-8-21-9-7-13)18(24)14-4-5-16(20)12(2)17(14)23/h4-9,11H,3,10H2,1-2H3,(H,22,25). The molecule has 1 aromatic carbocycles. The van der Waals surface area contributed by atoms with Crippen LogP contribution < -0.4 is 10.7 Å². The number of carbonyl (C=O) groups excluding carboxylic acids is 1. The van der Waals surface area contributed by atoms with Crippen LogP contribution in [0.2, 0.25) is 5.02 Å². The number of nitrogens with one attached hydrogen (secondary N) is 1. The fraction of sp³-hybridized carbons (Fsp3) is 0.211. The van der Waals surface area contributed by atoms with Crippen molar-refractivity contribution in [1.82, 2.24) is 14.9 Å². The van der Waals surface area contributed by atoms with Crippen LogP contribution in [0.25, 0.3) is 10.9 Å². The SMILES string of the molecule is CCn1cc(C(=O)NCc2ccncc2)c(=O)c2ccc(Cl)c(C)c21. The Labute approximate surface area is 150 Å². The van der Waals surface area contributed by atoms with E-state index in [2.05, 4.69) is 10.3 Å². The molecule has 1 N–H and O–H groups in total. The quantitative estimate of drug-likeness (QED) is 0.781. The molecule has 3 rings (SSSR count). The van der Waals surface area contributed by atoms with Gasteiger partial charge in [0.2, 0.25) is 5.43 Å². The summed E-state index contributed by atoms with van der Waals surface area (Å²) in [7, 11) is 0. The number of aryl methyl sites for hydroxylation is 2. The van der Waals surface area contributed by atoms with Gasteiger partial charge >= 0.3 is 0 Å². The summed E-state index contributed by atoms with van der Waals surface area (Å²) in [5.74, 6) is -0.390. The number of benzene rings is 1. The third-order valence-electron chi connectivity index (χ3n) is 4.21. The van der Waals surface area contributed by atoms with Crippen molar-refractivity contribution >= 4 is 28.4 Å². The summed E-state index contributed by atoms with van der Waals surface area (Å²) < 4.78 is 1.89. The normalized spacial score (nSPS) is 10.8. The highest BCUT2D eigenvalue weighted by atomic mass is 35.5. The van der Waals surface area contributed by atoms with E-state index in [1.807, 2.05) is 30.5 Å². The molecule has 0 spiro atoms. The Balaban J connectivity index is 2.02. The first kappa shape index (κ1) is 17.2. The molecule has 25 heavy (non-hydrogen) atoms. The van der Waals surface area contributed by atoms with Gasteiger partial charge in [0.05, 0.1) is 5.52 Å². The summed E-state index contributed by atoms with van der Waals surface area (Å²) in [4.78, 5) is 29.3. The Hall–Kier alpha value is -2.66. The number of hydrogen-bond donors (Lipinski definition) is 1. The number of carbonyl (C=O) groups is 1. The van der Waals surface area contributed by atoms with E-state index in [1.165, 1.54) is 0 Å². The highest BCUT2D eigenvalue weighted by molar-refractivity contribution is 6.32. The second-order valence-electron chi connectivity index (χ2n) is 5.76. The van der Waals surface area contributed by atoms with Gasteiger partial charge in [-0.3, -0.25) is 14.6 Å². The molecule has 0 aliphatic rings. The van der Waals surface area contributed by atoms with Crippen LogP contribution >= 0.6 is 11.6 Å². The molecule has 5 nitrogen and oxygen atoms in total. The molecule has 0 radical (unpaired) electrons. The van der Waals surface area contributed by atoms with Gasteiger partial charge in [-0.1, -0.05) is 11.6 Å². The molecule has 0 aliphatic heterocycles. The molecule has 0 saturated carbocycles. The van der Waals surface area contributed by atoms with E-state index in [4.69, 9.17) is 11.6 Å². The van der Waals surface area contributed by atoms with Crippen molar-refractivity contribution in [3.63, 3.8) is 0 Å². The smallest absolute Gasteiger partial charge is 0.257 e. The maximum atomic E-state index is 12.8. The second-order valence-corrected chi connectivity index (χ2v) is 6.17. The van der Waals surface area contributed by atoms with Gasteiger partial charge in [0, 0.05) is 42.1 Å².